The average Bonchev–Trinajstić information content (AvgIpc) is 3.15. The van der Waals surface area contributed by atoms with E-state index in [1.165, 1.54) is 17.8 Å². The van der Waals surface area contributed by atoms with Gasteiger partial charge < -0.3 is 9.80 Å². The van der Waals surface area contributed by atoms with Gasteiger partial charge in [-0.05, 0) is 18.2 Å². The number of hydrogen-bond acceptors (Lipinski definition) is 7. The highest BCUT2D eigenvalue weighted by atomic mass is 32.2. The molecule has 1 saturated heterocycles. The van der Waals surface area contributed by atoms with Gasteiger partial charge in [0.25, 0.3) is 5.69 Å². The van der Waals surface area contributed by atoms with Crippen molar-refractivity contribution < 1.29 is 9.72 Å². The summed E-state index contributed by atoms with van der Waals surface area (Å²) < 4.78 is 2.02. The fraction of sp³-hybridized carbons (Fsp3) is 0.263. The zero-order valence-corrected chi connectivity index (χ0v) is 16.6. The molecule has 1 fully saturated rings. The summed E-state index contributed by atoms with van der Waals surface area (Å²) in [5, 5.41) is 11.2. The highest BCUT2D eigenvalue weighted by Crippen LogP contribution is 2.30. The van der Waals surface area contributed by atoms with E-state index in [0.717, 1.165) is 14.6 Å². The van der Waals surface area contributed by atoms with Crippen LogP contribution in [-0.2, 0) is 4.79 Å². The van der Waals surface area contributed by atoms with Crippen molar-refractivity contribution in [2.45, 2.75) is 4.34 Å². The van der Waals surface area contributed by atoms with Gasteiger partial charge in [-0.25, -0.2) is 4.98 Å². The summed E-state index contributed by atoms with van der Waals surface area (Å²) in [5.41, 5.74) is 1.68. The molecule has 0 N–H and O–H groups in total. The third-order valence-corrected chi connectivity index (χ3v) is 6.81. The highest BCUT2D eigenvalue weighted by molar-refractivity contribution is 8.01. The molecule has 0 saturated carbocycles. The summed E-state index contributed by atoms with van der Waals surface area (Å²) in [6.07, 6.45) is 0. The van der Waals surface area contributed by atoms with Crippen molar-refractivity contribution in [2.75, 3.05) is 36.8 Å². The van der Waals surface area contributed by atoms with Gasteiger partial charge in [0.05, 0.1) is 20.9 Å². The molecular formula is C19H18N4O3S2. The quantitative estimate of drug-likeness (QED) is 0.360. The number of benzene rings is 2. The number of nitro benzene ring substituents is 1. The number of carbonyl (C=O) groups is 1. The van der Waals surface area contributed by atoms with Crippen LogP contribution in [-0.4, -0.2) is 52.6 Å². The number of nitrogens with zero attached hydrogens (tertiary/aromatic N) is 4. The number of hydrogen-bond donors (Lipinski definition) is 0. The van der Waals surface area contributed by atoms with Crippen LogP contribution in [0.2, 0.25) is 0 Å². The van der Waals surface area contributed by atoms with E-state index in [2.05, 4.69) is 4.98 Å². The Kier molecular flexibility index (Phi) is 5.45. The first-order valence-electron chi connectivity index (χ1n) is 8.86. The number of piperazine rings is 1. The lowest BCUT2D eigenvalue weighted by Crippen LogP contribution is -2.49. The molecule has 28 heavy (non-hydrogen) atoms. The fourth-order valence-electron chi connectivity index (χ4n) is 3.21. The second kappa shape index (κ2) is 8.15. The van der Waals surface area contributed by atoms with E-state index in [0.29, 0.717) is 37.6 Å². The molecule has 144 valence electrons. The maximum absolute atomic E-state index is 12.6. The van der Waals surface area contributed by atoms with E-state index in [9.17, 15) is 14.9 Å². The number of thioether (sulfide) groups is 1. The first-order valence-corrected chi connectivity index (χ1v) is 10.7. The molecule has 1 aromatic heterocycles. The second-order valence-electron chi connectivity index (χ2n) is 6.35. The van der Waals surface area contributed by atoms with Gasteiger partial charge in [0, 0.05) is 32.2 Å². The molecule has 2 aromatic carbocycles. The van der Waals surface area contributed by atoms with Crippen LogP contribution < -0.4 is 4.90 Å². The zero-order chi connectivity index (χ0) is 19.5. The number of thiazole rings is 1. The zero-order valence-electron chi connectivity index (χ0n) is 15.0. The predicted molar refractivity (Wildman–Crippen MR) is 112 cm³/mol. The normalized spacial score (nSPS) is 14.4. The SMILES string of the molecule is O=C(CSc1nc2ccccc2s1)N1CCN(c2ccccc2[N+](=O)[O-])CC1. The van der Waals surface area contributed by atoms with Gasteiger partial charge in [-0.1, -0.05) is 36.0 Å². The second-order valence-corrected chi connectivity index (χ2v) is 8.60. The van der Waals surface area contributed by atoms with E-state index in [1.54, 1.807) is 29.5 Å². The Morgan fingerprint density at radius 2 is 1.82 bits per heavy atom. The van der Waals surface area contributed by atoms with Gasteiger partial charge >= 0.3 is 0 Å². The third kappa shape index (κ3) is 3.95. The number of para-hydroxylation sites is 3. The molecule has 3 aromatic rings. The fourth-order valence-corrected chi connectivity index (χ4v) is 5.18. The number of rotatable bonds is 5. The molecule has 9 heteroatoms. The molecule has 7 nitrogen and oxygen atoms in total. The maximum atomic E-state index is 12.6. The summed E-state index contributed by atoms with van der Waals surface area (Å²) in [7, 11) is 0. The average molecular weight is 415 g/mol. The molecule has 0 unspecified atom stereocenters. The molecule has 1 aliphatic rings. The van der Waals surface area contributed by atoms with Crippen molar-refractivity contribution in [1.29, 1.82) is 0 Å². The van der Waals surface area contributed by atoms with Crippen molar-refractivity contribution in [3.8, 4) is 0 Å². The molecule has 0 spiro atoms. The molecule has 0 aliphatic carbocycles. The Balaban J connectivity index is 1.33. The minimum absolute atomic E-state index is 0.0754. The summed E-state index contributed by atoms with van der Waals surface area (Å²) in [4.78, 5) is 31.8. The van der Waals surface area contributed by atoms with Gasteiger partial charge in [-0.15, -0.1) is 11.3 Å². The van der Waals surface area contributed by atoms with E-state index in [4.69, 9.17) is 0 Å². The van der Waals surface area contributed by atoms with Crippen LogP contribution in [0, 0.1) is 10.1 Å². The van der Waals surface area contributed by atoms with Crippen molar-refractivity contribution in [2.24, 2.45) is 0 Å². The highest BCUT2D eigenvalue weighted by Gasteiger charge is 2.25. The largest absolute Gasteiger partial charge is 0.362 e. The van der Waals surface area contributed by atoms with Crippen LogP contribution in [0.1, 0.15) is 0 Å². The number of anilines is 1. The van der Waals surface area contributed by atoms with Crippen LogP contribution in [0.15, 0.2) is 52.9 Å². The molecule has 1 amide bonds. The molecule has 2 heterocycles. The number of nitro groups is 1. The first kappa shape index (κ1) is 18.7. The maximum Gasteiger partial charge on any atom is 0.292 e. The molecule has 0 bridgehead atoms. The Morgan fingerprint density at radius 3 is 2.57 bits per heavy atom. The standard InChI is InChI=1S/C19H18N4O3S2/c24-18(13-27-19-20-14-5-1-4-8-17(14)28-19)22-11-9-21(10-12-22)15-6-2-3-7-16(15)23(25)26/h1-8H,9-13H2. The third-order valence-electron chi connectivity index (χ3n) is 4.64. The minimum atomic E-state index is -0.360. The van der Waals surface area contributed by atoms with Gasteiger partial charge in [-0.3, -0.25) is 14.9 Å². The number of fused-ring (bicyclic) bond motifs is 1. The van der Waals surface area contributed by atoms with Crippen LogP contribution in [0.4, 0.5) is 11.4 Å². The van der Waals surface area contributed by atoms with E-state index < -0.39 is 0 Å². The van der Waals surface area contributed by atoms with E-state index in [1.807, 2.05) is 34.1 Å². The Hall–Kier alpha value is -2.65. The van der Waals surface area contributed by atoms with Crippen molar-refractivity contribution in [3.05, 3.63) is 58.6 Å². The molecule has 0 radical (unpaired) electrons. The van der Waals surface area contributed by atoms with E-state index in [-0.39, 0.29) is 16.5 Å². The summed E-state index contributed by atoms with van der Waals surface area (Å²) in [6, 6.07) is 14.7. The lowest BCUT2D eigenvalue weighted by molar-refractivity contribution is -0.384. The summed E-state index contributed by atoms with van der Waals surface area (Å²) >= 11 is 3.06. The lowest BCUT2D eigenvalue weighted by atomic mass is 10.2. The smallest absolute Gasteiger partial charge is 0.292 e. The van der Waals surface area contributed by atoms with Crippen LogP contribution >= 0.6 is 23.1 Å². The topological polar surface area (TPSA) is 79.6 Å². The van der Waals surface area contributed by atoms with Crippen molar-refractivity contribution >= 4 is 50.6 Å². The Labute approximate surface area is 170 Å². The summed E-state index contributed by atoms with van der Waals surface area (Å²) in [5.74, 6) is 0.428. The van der Waals surface area contributed by atoms with Crippen LogP contribution in [0.3, 0.4) is 0 Å². The van der Waals surface area contributed by atoms with E-state index >= 15 is 0 Å². The minimum Gasteiger partial charge on any atom is -0.362 e. The molecule has 1 aliphatic heterocycles. The van der Waals surface area contributed by atoms with Gasteiger partial charge in [0.1, 0.15) is 5.69 Å². The van der Waals surface area contributed by atoms with Gasteiger partial charge in [0.15, 0.2) is 4.34 Å². The lowest BCUT2D eigenvalue weighted by Gasteiger charge is -2.35. The van der Waals surface area contributed by atoms with Crippen LogP contribution in [0.25, 0.3) is 10.2 Å². The van der Waals surface area contributed by atoms with Crippen molar-refractivity contribution in [3.63, 3.8) is 0 Å². The van der Waals surface area contributed by atoms with Gasteiger partial charge in [0.2, 0.25) is 5.91 Å². The van der Waals surface area contributed by atoms with Crippen molar-refractivity contribution in [1.82, 2.24) is 9.88 Å². The Bertz CT molecular complexity index is 982. The van der Waals surface area contributed by atoms with Gasteiger partial charge in [-0.2, -0.15) is 0 Å². The predicted octanol–water partition coefficient (Wildman–Crippen LogP) is 3.65. The summed E-state index contributed by atoms with van der Waals surface area (Å²) in [6.45, 7) is 2.29. The number of carbonyl (C=O) groups excluding carboxylic acids is 1. The number of amides is 1. The number of aromatic nitrogens is 1. The molecular weight excluding hydrogens is 396 g/mol. The molecule has 4 rings (SSSR count). The first-order chi connectivity index (χ1) is 13.6. The monoisotopic (exact) mass is 414 g/mol. The Morgan fingerprint density at radius 1 is 1.11 bits per heavy atom. The van der Waals surface area contributed by atoms with Crippen LogP contribution in [0.5, 0.6) is 0 Å². The molecule has 0 atom stereocenters.